The van der Waals surface area contributed by atoms with E-state index in [1.807, 2.05) is 4.90 Å². The number of carbonyl (C=O) groups excluding carboxylic acids is 1. The Bertz CT molecular complexity index is 610. The Kier molecular flexibility index (Phi) is 4.85. The van der Waals surface area contributed by atoms with E-state index >= 15 is 0 Å². The molecule has 1 saturated heterocycles. The number of aromatic nitrogens is 1. The summed E-state index contributed by atoms with van der Waals surface area (Å²) in [5.74, 6) is 3.19. The number of nitrogens with zero attached hydrogens (tertiary/aromatic N) is 3. The molecule has 3 aliphatic rings. The quantitative estimate of drug-likeness (QED) is 0.843. The summed E-state index contributed by atoms with van der Waals surface area (Å²) in [6.45, 7) is 9.14. The van der Waals surface area contributed by atoms with Crippen LogP contribution in [0.3, 0.4) is 0 Å². The first-order valence-corrected chi connectivity index (χ1v) is 10.1. The van der Waals surface area contributed by atoms with E-state index in [1.54, 1.807) is 0 Å². The number of hydrogen-bond donors (Lipinski definition) is 0. The maximum atomic E-state index is 12.8. The molecule has 25 heavy (non-hydrogen) atoms. The molecule has 1 aliphatic carbocycles. The van der Waals surface area contributed by atoms with Gasteiger partial charge < -0.3 is 9.32 Å². The summed E-state index contributed by atoms with van der Waals surface area (Å²) < 4.78 is 5.88. The molecule has 5 heteroatoms. The van der Waals surface area contributed by atoms with Gasteiger partial charge in [0.2, 0.25) is 0 Å². The zero-order valence-corrected chi connectivity index (χ0v) is 15.7. The van der Waals surface area contributed by atoms with E-state index in [9.17, 15) is 4.79 Å². The number of oxazole rings is 1. The molecule has 0 bridgehead atoms. The van der Waals surface area contributed by atoms with Crippen LogP contribution in [-0.4, -0.2) is 46.9 Å². The maximum absolute atomic E-state index is 12.8. The van der Waals surface area contributed by atoms with Gasteiger partial charge in [-0.25, -0.2) is 4.98 Å². The highest BCUT2D eigenvalue weighted by Crippen LogP contribution is 2.28. The lowest BCUT2D eigenvalue weighted by Gasteiger charge is -2.34. The van der Waals surface area contributed by atoms with Crippen molar-refractivity contribution in [2.75, 3.05) is 26.2 Å². The molecule has 3 heterocycles. The Hall–Kier alpha value is -1.36. The lowest BCUT2D eigenvalue weighted by atomic mass is 9.92. The minimum Gasteiger partial charge on any atom is -0.437 e. The highest BCUT2D eigenvalue weighted by atomic mass is 16.4. The molecule has 2 atom stereocenters. The molecule has 0 radical (unpaired) electrons. The van der Waals surface area contributed by atoms with E-state index in [4.69, 9.17) is 4.42 Å². The third-order valence-electron chi connectivity index (χ3n) is 6.14. The van der Waals surface area contributed by atoms with Crippen molar-refractivity contribution in [3.05, 3.63) is 17.3 Å². The summed E-state index contributed by atoms with van der Waals surface area (Å²) in [5.41, 5.74) is 0.991. The Morgan fingerprint density at radius 2 is 1.92 bits per heavy atom. The topological polar surface area (TPSA) is 49.6 Å². The fraction of sp³-hybridized carbons (Fsp3) is 0.800. The number of hydrogen-bond acceptors (Lipinski definition) is 4. The van der Waals surface area contributed by atoms with Gasteiger partial charge in [-0.2, -0.15) is 0 Å². The van der Waals surface area contributed by atoms with Crippen LogP contribution in [0.15, 0.2) is 4.42 Å². The third-order valence-corrected chi connectivity index (χ3v) is 6.14. The maximum Gasteiger partial charge on any atom is 0.309 e. The van der Waals surface area contributed by atoms with E-state index in [2.05, 4.69) is 23.7 Å². The molecule has 5 nitrogen and oxygen atoms in total. The second-order valence-corrected chi connectivity index (χ2v) is 8.68. The standard InChI is InChI=1S/C20H31N3O2/c1-14-9-15(2)11-23(10-14)20(24)19-21-17-13-22(8-7-18(17)25-19)12-16-5-3-4-6-16/h14-16H,3-13H2,1-2H3/t14-,15+. The SMILES string of the molecule is C[C@@H]1C[C@H](C)CN(C(=O)c2nc3c(o2)CCN(CC2CCCC2)C3)C1. The molecule has 0 aromatic carbocycles. The Balaban J connectivity index is 1.41. The van der Waals surface area contributed by atoms with Crippen molar-refractivity contribution in [2.45, 2.75) is 58.9 Å². The van der Waals surface area contributed by atoms with E-state index in [1.165, 1.54) is 38.6 Å². The first-order chi connectivity index (χ1) is 12.1. The molecule has 0 unspecified atom stereocenters. The first-order valence-electron chi connectivity index (χ1n) is 10.1. The van der Waals surface area contributed by atoms with Gasteiger partial charge in [-0.3, -0.25) is 9.69 Å². The van der Waals surface area contributed by atoms with Crippen molar-refractivity contribution < 1.29 is 9.21 Å². The summed E-state index contributed by atoms with van der Waals surface area (Å²) in [6.07, 6.45) is 7.60. The summed E-state index contributed by atoms with van der Waals surface area (Å²) in [5, 5.41) is 0. The molecule has 4 rings (SSSR count). The summed E-state index contributed by atoms with van der Waals surface area (Å²) in [6, 6.07) is 0. The lowest BCUT2D eigenvalue weighted by molar-refractivity contribution is 0.0581. The average molecular weight is 345 g/mol. The minimum absolute atomic E-state index is 0.0184. The Morgan fingerprint density at radius 3 is 2.64 bits per heavy atom. The normalized spacial score (nSPS) is 28.3. The highest BCUT2D eigenvalue weighted by molar-refractivity contribution is 5.89. The monoisotopic (exact) mass is 345 g/mol. The van der Waals surface area contributed by atoms with Crippen LogP contribution in [0.1, 0.15) is 68.1 Å². The van der Waals surface area contributed by atoms with Gasteiger partial charge in [-0.15, -0.1) is 0 Å². The van der Waals surface area contributed by atoms with Crippen LogP contribution in [0.4, 0.5) is 0 Å². The largest absolute Gasteiger partial charge is 0.437 e. The van der Waals surface area contributed by atoms with Gasteiger partial charge in [0, 0.05) is 39.1 Å². The van der Waals surface area contributed by atoms with Crippen molar-refractivity contribution in [3.63, 3.8) is 0 Å². The molecule has 2 aliphatic heterocycles. The molecule has 1 saturated carbocycles. The van der Waals surface area contributed by atoms with Gasteiger partial charge in [-0.05, 0) is 37.0 Å². The fourth-order valence-electron chi connectivity index (χ4n) is 5.02. The van der Waals surface area contributed by atoms with E-state index in [-0.39, 0.29) is 5.91 Å². The van der Waals surface area contributed by atoms with Crippen molar-refractivity contribution in [3.8, 4) is 0 Å². The Labute approximate surface area is 150 Å². The zero-order chi connectivity index (χ0) is 17.4. The second kappa shape index (κ2) is 7.10. The van der Waals surface area contributed by atoms with E-state index < -0.39 is 0 Å². The van der Waals surface area contributed by atoms with Crippen molar-refractivity contribution in [1.82, 2.24) is 14.8 Å². The van der Waals surface area contributed by atoms with Crippen LogP contribution >= 0.6 is 0 Å². The number of carbonyl (C=O) groups is 1. The molecule has 1 aromatic heterocycles. The molecule has 0 N–H and O–H groups in total. The minimum atomic E-state index is -0.0184. The third kappa shape index (κ3) is 3.76. The van der Waals surface area contributed by atoms with Crippen LogP contribution < -0.4 is 0 Å². The molecule has 1 amide bonds. The number of amides is 1. The lowest BCUT2D eigenvalue weighted by Crippen LogP contribution is -2.42. The Morgan fingerprint density at radius 1 is 1.20 bits per heavy atom. The molecular formula is C20H31N3O2. The van der Waals surface area contributed by atoms with Crippen molar-refractivity contribution in [1.29, 1.82) is 0 Å². The van der Waals surface area contributed by atoms with Gasteiger partial charge in [0.05, 0.1) is 5.69 Å². The van der Waals surface area contributed by atoms with Crippen molar-refractivity contribution in [2.24, 2.45) is 17.8 Å². The summed E-state index contributed by atoms with van der Waals surface area (Å²) in [7, 11) is 0. The predicted molar refractivity (Wildman–Crippen MR) is 96.3 cm³/mol. The van der Waals surface area contributed by atoms with Gasteiger partial charge in [-0.1, -0.05) is 26.7 Å². The molecule has 1 aromatic rings. The molecule has 138 valence electrons. The second-order valence-electron chi connectivity index (χ2n) is 8.68. The van der Waals surface area contributed by atoms with Crippen LogP contribution in [0.25, 0.3) is 0 Å². The van der Waals surface area contributed by atoms with Gasteiger partial charge in [0.15, 0.2) is 0 Å². The van der Waals surface area contributed by atoms with Gasteiger partial charge >= 0.3 is 5.91 Å². The van der Waals surface area contributed by atoms with E-state index in [0.29, 0.717) is 17.7 Å². The van der Waals surface area contributed by atoms with Crippen LogP contribution in [0.2, 0.25) is 0 Å². The predicted octanol–water partition coefficient (Wildman–Crippen LogP) is 3.34. The molecule has 2 fully saturated rings. The summed E-state index contributed by atoms with van der Waals surface area (Å²) in [4.78, 5) is 21.9. The van der Waals surface area contributed by atoms with Gasteiger partial charge in [0.25, 0.3) is 5.89 Å². The van der Waals surface area contributed by atoms with Gasteiger partial charge in [0.1, 0.15) is 5.76 Å². The smallest absolute Gasteiger partial charge is 0.309 e. The number of piperidine rings is 1. The van der Waals surface area contributed by atoms with E-state index in [0.717, 1.165) is 50.0 Å². The first kappa shape index (κ1) is 17.1. The summed E-state index contributed by atoms with van der Waals surface area (Å²) >= 11 is 0. The highest BCUT2D eigenvalue weighted by Gasteiger charge is 2.31. The number of rotatable bonds is 3. The zero-order valence-electron chi connectivity index (χ0n) is 15.7. The van der Waals surface area contributed by atoms with Crippen LogP contribution in [0.5, 0.6) is 0 Å². The number of likely N-dealkylation sites (tertiary alicyclic amines) is 1. The van der Waals surface area contributed by atoms with Crippen LogP contribution in [0, 0.1) is 17.8 Å². The van der Waals surface area contributed by atoms with Crippen LogP contribution in [-0.2, 0) is 13.0 Å². The van der Waals surface area contributed by atoms with Crippen molar-refractivity contribution >= 4 is 5.91 Å². The fourth-order valence-corrected chi connectivity index (χ4v) is 5.02. The number of fused-ring (bicyclic) bond motifs is 1. The average Bonchev–Trinajstić information content (AvgIpc) is 3.22. The molecular weight excluding hydrogens is 314 g/mol. The molecule has 0 spiro atoms.